The molecule has 3 fully saturated rings. The van der Waals surface area contributed by atoms with Gasteiger partial charge in [-0.15, -0.1) is 0 Å². The fourth-order valence-electron chi connectivity index (χ4n) is 4.52. The first-order valence-electron chi connectivity index (χ1n) is 12.0. The maximum absolute atomic E-state index is 12.4. The number of carbonyl (C=O) groups is 2. The van der Waals surface area contributed by atoms with Crippen molar-refractivity contribution in [3.63, 3.8) is 0 Å². The number of amides is 2. The fraction of sp³-hybridized carbons (Fsp3) is 0.609. The molecule has 2 unspecified atom stereocenters. The van der Waals surface area contributed by atoms with Gasteiger partial charge in [0.05, 0.1) is 13.4 Å². The van der Waals surface area contributed by atoms with E-state index in [1.807, 2.05) is 0 Å². The zero-order valence-electron chi connectivity index (χ0n) is 19.8. The summed E-state index contributed by atoms with van der Waals surface area (Å²) in [7, 11) is 1.38. The predicted molar refractivity (Wildman–Crippen MR) is 125 cm³/mol. The van der Waals surface area contributed by atoms with E-state index in [1.54, 1.807) is 4.90 Å². The summed E-state index contributed by atoms with van der Waals surface area (Å²) in [5, 5.41) is 23.8. The second-order valence-electron chi connectivity index (χ2n) is 9.37. The molecule has 2 aliphatic heterocycles. The lowest BCUT2D eigenvalue weighted by atomic mass is 9.94. The molecule has 1 aliphatic carbocycles. The Balaban J connectivity index is 1.29. The van der Waals surface area contributed by atoms with Gasteiger partial charge in [0.2, 0.25) is 5.82 Å². The highest BCUT2D eigenvalue weighted by Gasteiger charge is 2.48. The molecule has 1 saturated carbocycles. The fourth-order valence-corrected chi connectivity index (χ4v) is 4.52. The van der Waals surface area contributed by atoms with Crippen molar-refractivity contribution in [2.45, 2.75) is 62.7 Å². The number of aromatic nitrogens is 4. The van der Waals surface area contributed by atoms with Crippen LogP contribution in [0.1, 0.15) is 44.2 Å². The number of hydrogen-bond donors (Lipinski definition) is 4. The number of nitrogen functional groups attached to an aromatic ring is 1. The van der Waals surface area contributed by atoms with Crippen LogP contribution in [0, 0.1) is 17.8 Å². The number of anilines is 1. The molecule has 5 N–H and O–H groups in total. The summed E-state index contributed by atoms with van der Waals surface area (Å²) in [6, 6.07) is 0.0904. The second kappa shape index (κ2) is 9.88. The topological polar surface area (TPSA) is 178 Å². The number of methoxy groups -OCH3 is 1. The van der Waals surface area contributed by atoms with Crippen molar-refractivity contribution in [3.05, 3.63) is 12.2 Å². The van der Waals surface area contributed by atoms with Crippen LogP contribution in [0.15, 0.2) is 6.33 Å². The van der Waals surface area contributed by atoms with Crippen molar-refractivity contribution in [3.8, 4) is 11.8 Å². The van der Waals surface area contributed by atoms with E-state index < -0.39 is 30.4 Å². The molecule has 13 heteroatoms. The van der Waals surface area contributed by atoms with Gasteiger partial charge in [-0.25, -0.2) is 19.7 Å². The molecule has 2 amide bonds. The molecule has 4 heterocycles. The number of nitrogens with one attached hydrogen (secondary N) is 1. The summed E-state index contributed by atoms with van der Waals surface area (Å²) in [4.78, 5) is 38.6. The van der Waals surface area contributed by atoms with E-state index in [0.29, 0.717) is 30.9 Å². The lowest BCUT2D eigenvalue weighted by Crippen LogP contribution is -2.43. The number of ether oxygens (including phenoxy) is 2. The highest BCUT2D eigenvalue weighted by Crippen LogP contribution is 2.33. The Hall–Kier alpha value is -3.47. The van der Waals surface area contributed by atoms with E-state index in [9.17, 15) is 19.8 Å². The first-order chi connectivity index (χ1) is 17.4. The highest BCUT2D eigenvalue weighted by atomic mass is 16.6. The van der Waals surface area contributed by atoms with Crippen molar-refractivity contribution in [1.82, 2.24) is 29.7 Å². The van der Waals surface area contributed by atoms with Crippen LogP contribution in [-0.2, 0) is 14.3 Å². The molecule has 0 radical (unpaired) electrons. The molecular weight excluding hydrogens is 470 g/mol. The largest absolute Gasteiger partial charge is 0.453 e. The average Bonchev–Trinajstić information content (AvgIpc) is 3.51. The molecule has 2 saturated heterocycles. The van der Waals surface area contributed by atoms with Gasteiger partial charge in [-0.05, 0) is 37.5 Å². The van der Waals surface area contributed by atoms with Crippen LogP contribution < -0.4 is 11.1 Å². The van der Waals surface area contributed by atoms with Crippen molar-refractivity contribution in [2.24, 2.45) is 5.92 Å². The Bertz CT molecular complexity index is 1210. The summed E-state index contributed by atoms with van der Waals surface area (Å²) < 4.78 is 11.9. The number of imidazole rings is 1. The quantitative estimate of drug-likeness (QED) is 0.402. The molecule has 0 spiro atoms. The third-order valence-electron chi connectivity index (χ3n) is 6.78. The van der Waals surface area contributed by atoms with Crippen LogP contribution in [0.2, 0.25) is 0 Å². The maximum atomic E-state index is 12.4. The minimum atomic E-state index is -1.41. The van der Waals surface area contributed by atoms with Gasteiger partial charge in [-0.2, -0.15) is 0 Å². The van der Waals surface area contributed by atoms with E-state index in [-0.39, 0.29) is 29.4 Å². The molecule has 192 valence electrons. The van der Waals surface area contributed by atoms with Crippen molar-refractivity contribution < 1.29 is 29.3 Å². The third kappa shape index (κ3) is 4.79. The van der Waals surface area contributed by atoms with Gasteiger partial charge in [0, 0.05) is 25.6 Å². The molecule has 36 heavy (non-hydrogen) atoms. The van der Waals surface area contributed by atoms with Crippen LogP contribution in [0.25, 0.3) is 11.2 Å². The standard InChI is InChI=1S/C23H29N7O6/c1-35-23(34)29-9-7-12(8-10-29)3-2-4-14-27-19(24)15-20(28-14)30(11-25-15)22-17(32)16(31)18(36-22)21(33)26-13-5-6-13/h11-13,16-18,22,31-32H,3,5-10H2,1H3,(H,26,33)(H2,24,27,28)/t16-,17+,18?,22?/m1/s1. The molecular formula is C23H29N7O6. The number of fused-ring (bicyclic) bond motifs is 1. The highest BCUT2D eigenvalue weighted by molar-refractivity contribution is 5.83. The lowest BCUT2D eigenvalue weighted by Gasteiger charge is -2.29. The Morgan fingerprint density at radius 2 is 1.97 bits per heavy atom. The van der Waals surface area contributed by atoms with E-state index in [4.69, 9.17) is 15.2 Å². The Morgan fingerprint density at radius 3 is 2.67 bits per heavy atom. The Labute approximate surface area is 207 Å². The second-order valence-corrected chi connectivity index (χ2v) is 9.37. The lowest BCUT2D eigenvalue weighted by molar-refractivity contribution is -0.137. The number of piperidine rings is 1. The number of rotatable bonds is 4. The maximum Gasteiger partial charge on any atom is 0.409 e. The molecule has 2 aromatic heterocycles. The number of nitrogens with two attached hydrogens (primary N) is 1. The van der Waals surface area contributed by atoms with Crippen LogP contribution in [0.4, 0.5) is 10.6 Å². The van der Waals surface area contributed by atoms with E-state index in [1.165, 1.54) is 18.0 Å². The molecule has 5 rings (SSSR count). The summed E-state index contributed by atoms with van der Waals surface area (Å²) in [6.07, 6.45) is 0.0242. The van der Waals surface area contributed by atoms with Crippen LogP contribution in [0.5, 0.6) is 0 Å². The SMILES string of the molecule is COC(=O)N1CCC(CC#Cc2nc(N)c3ncn(C4OC(C(=O)NC5CC5)[C@H](O)[C@@H]4O)c3n2)CC1. The van der Waals surface area contributed by atoms with Gasteiger partial charge < -0.3 is 35.6 Å². The molecule has 0 bridgehead atoms. The van der Waals surface area contributed by atoms with Crippen LogP contribution in [0.3, 0.4) is 0 Å². The number of hydrogen-bond acceptors (Lipinski definition) is 10. The monoisotopic (exact) mass is 499 g/mol. The van der Waals surface area contributed by atoms with Gasteiger partial charge in [0.25, 0.3) is 5.91 Å². The number of carbonyl (C=O) groups excluding carboxylic acids is 2. The van der Waals surface area contributed by atoms with Crippen molar-refractivity contribution in [2.75, 3.05) is 25.9 Å². The number of aliphatic hydroxyl groups is 2. The average molecular weight is 500 g/mol. The molecule has 4 atom stereocenters. The first kappa shape index (κ1) is 24.2. The molecule has 0 aromatic carbocycles. The minimum Gasteiger partial charge on any atom is -0.453 e. The Kier molecular flexibility index (Phi) is 6.65. The van der Waals surface area contributed by atoms with Gasteiger partial charge in [0.1, 0.15) is 17.7 Å². The number of nitrogens with zero attached hydrogens (tertiary/aromatic N) is 5. The van der Waals surface area contributed by atoms with Crippen molar-refractivity contribution in [1.29, 1.82) is 0 Å². The summed E-state index contributed by atoms with van der Waals surface area (Å²) in [5.74, 6) is 6.21. The van der Waals surface area contributed by atoms with E-state index in [2.05, 4.69) is 32.1 Å². The molecule has 2 aromatic rings. The molecule has 3 aliphatic rings. The predicted octanol–water partition coefficient (Wildman–Crippen LogP) is -0.474. The smallest absolute Gasteiger partial charge is 0.409 e. The summed E-state index contributed by atoms with van der Waals surface area (Å²) in [6.45, 7) is 1.26. The van der Waals surface area contributed by atoms with Crippen LogP contribution in [-0.4, -0.2) is 91.2 Å². The van der Waals surface area contributed by atoms with E-state index in [0.717, 1.165) is 25.7 Å². The molecule has 13 nitrogen and oxygen atoms in total. The minimum absolute atomic E-state index is 0.0904. The number of likely N-dealkylation sites (tertiary alicyclic amines) is 1. The van der Waals surface area contributed by atoms with Crippen molar-refractivity contribution >= 4 is 29.0 Å². The first-order valence-corrected chi connectivity index (χ1v) is 12.0. The number of aliphatic hydroxyl groups excluding tert-OH is 2. The zero-order chi connectivity index (χ0) is 25.4. The third-order valence-corrected chi connectivity index (χ3v) is 6.78. The van der Waals surface area contributed by atoms with Gasteiger partial charge in [0.15, 0.2) is 23.8 Å². The van der Waals surface area contributed by atoms with E-state index >= 15 is 0 Å². The van der Waals surface area contributed by atoms with Crippen LogP contribution >= 0.6 is 0 Å². The summed E-state index contributed by atoms with van der Waals surface area (Å²) >= 11 is 0. The summed E-state index contributed by atoms with van der Waals surface area (Å²) in [5.41, 5.74) is 6.65. The van der Waals surface area contributed by atoms with Gasteiger partial charge >= 0.3 is 6.09 Å². The van der Waals surface area contributed by atoms with Gasteiger partial charge in [-0.1, -0.05) is 5.92 Å². The Morgan fingerprint density at radius 1 is 1.22 bits per heavy atom. The normalized spacial score (nSPS) is 26.5. The zero-order valence-corrected chi connectivity index (χ0v) is 19.8. The van der Waals surface area contributed by atoms with Gasteiger partial charge in [-0.3, -0.25) is 9.36 Å².